The summed E-state index contributed by atoms with van der Waals surface area (Å²) in [6.45, 7) is 3.32. The molecule has 3 rings (SSSR count). The molecule has 1 aromatic heterocycles. The predicted octanol–water partition coefficient (Wildman–Crippen LogP) is 3.52. The Bertz CT molecular complexity index is 822. The summed E-state index contributed by atoms with van der Waals surface area (Å²) in [5.74, 6) is 1.35. The van der Waals surface area contributed by atoms with Crippen molar-refractivity contribution in [3.63, 3.8) is 0 Å². The molecule has 0 unspecified atom stereocenters. The maximum absolute atomic E-state index is 5.57. The molecular formula is C20H22N4O. The van der Waals surface area contributed by atoms with Gasteiger partial charge < -0.3 is 15.1 Å². The molecule has 2 aromatic carbocycles. The summed E-state index contributed by atoms with van der Waals surface area (Å²) in [5.41, 5.74) is 4.22. The number of nitrogens with one attached hydrogen (secondary N) is 2. The van der Waals surface area contributed by atoms with Crippen molar-refractivity contribution in [2.45, 2.75) is 20.0 Å². The molecule has 3 aromatic rings. The van der Waals surface area contributed by atoms with Gasteiger partial charge in [0.25, 0.3) is 0 Å². The maximum atomic E-state index is 5.57. The van der Waals surface area contributed by atoms with Crippen LogP contribution >= 0.6 is 0 Å². The minimum Gasteiger partial charge on any atom is -0.444 e. The smallest absolute Gasteiger partial charge is 0.226 e. The summed E-state index contributed by atoms with van der Waals surface area (Å²) in [6, 6.07) is 18.3. The minimum atomic E-state index is 0.545. The Hall–Kier alpha value is -3.08. The number of aryl methyl sites for hydroxylation is 1. The number of benzene rings is 2. The van der Waals surface area contributed by atoms with E-state index in [9.17, 15) is 0 Å². The van der Waals surface area contributed by atoms with Gasteiger partial charge in [-0.05, 0) is 24.6 Å². The SMILES string of the molecule is CN=C(NCc1ccccc1)NCc1coc(-c2ccc(C)cc2)n1. The zero-order valence-corrected chi connectivity index (χ0v) is 14.5. The van der Waals surface area contributed by atoms with Gasteiger partial charge in [0.2, 0.25) is 5.89 Å². The van der Waals surface area contributed by atoms with Crippen LogP contribution in [0.5, 0.6) is 0 Å². The molecule has 1 heterocycles. The molecule has 0 aliphatic rings. The van der Waals surface area contributed by atoms with Gasteiger partial charge in [-0.15, -0.1) is 0 Å². The molecule has 0 fully saturated rings. The molecule has 2 N–H and O–H groups in total. The van der Waals surface area contributed by atoms with Gasteiger partial charge in [-0.1, -0.05) is 48.0 Å². The maximum Gasteiger partial charge on any atom is 0.226 e. The molecular weight excluding hydrogens is 312 g/mol. The highest BCUT2D eigenvalue weighted by molar-refractivity contribution is 5.79. The van der Waals surface area contributed by atoms with Crippen LogP contribution in [0.4, 0.5) is 0 Å². The Morgan fingerprint density at radius 3 is 2.44 bits per heavy atom. The van der Waals surface area contributed by atoms with Crippen LogP contribution in [0.2, 0.25) is 0 Å². The third-order valence-electron chi connectivity index (χ3n) is 3.81. The second-order valence-electron chi connectivity index (χ2n) is 5.77. The fourth-order valence-electron chi connectivity index (χ4n) is 2.39. The van der Waals surface area contributed by atoms with E-state index in [1.165, 1.54) is 11.1 Å². The number of hydrogen-bond acceptors (Lipinski definition) is 3. The Morgan fingerprint density at radius 2 is 1.72 bits per heavy atom. The third-order valence-corrected chi connectivity index (χ3v) is 3.81. The first-order valence-corrected chi connectivity index (χ1v) is 8.24. The molecule has 0 aliphatic heterocycles. The number of hydrogen-bond donors (Lipinski definition) is 2. The summed E-state index contributed by atoms with van der Waals surface area (Å²) in [5, 5.41) is 6.53. The molecule has 128 valence electrons. The largest absolute Gasteiger partial charge is 0.444 e. The topological polar surface area (TPSA) is 62.5 Å². The van der Waals surface area contributed by atoms with Crippen molar-refractivity contribution < 1.29 is 4.42 Å². The zero-order chi connectivity index (χ0) is 17.5. The van der Waals surface area contributed by atoms with Crippen molar-refractivity contribution in [1.29, 1.82) is 0 Å². The van der Waals surface area contributed by atoms with Crippen molar-refractivity contribution in [3.8, 4) is 11.5 Å². The molecule has 0 radical (unpaired) electrons. The highest BCUT2D eigenvalue weighted by Crippen LogP contribution is 2.18. The van der Waals surface area contributed by atoms with Gasteiger partial charge >= 0.3 is 0 Å². The fraction of sp³-hybridized carbons (Fsp3) is 0.200. The molecule has 5 nitrogen and oxygen atoms in total. The standard InChI is InChI=1S/C20H22N4O/c1-15-8-10-17(11-9-15)19-24-18(14-25-19)13-23-20(21-2)22-12-16-6-4-3-5-7-16/h3-11,14H,12-13H2,1-2H3,(H2,21,22,23). The second-order valence-corrected chi connectivity index (χ2v) is 5.77. The molecule has 0 spiro atoms. The molecule has 0 saturated heterocycles. The van der Waals surface area contributed by atoms with Gasteiger partial charge in [-0.2, -0.15) is 0 Å². The van der Waals surface area contributed by atoms with E-state index in [1.807, 2.05) is 42.5 Å². The van der Waals surface area contributed by atoms with E-state index in [2.05, 4.69) is 39.7 Å². The average Bonchev–Trinajstić information content (AvgIpc) is 3.12. The first-order valence-electron chi connectivity index (χ1n) is 8.24. The van der Waals surface area contributed by atoms with E-state index >= 15 is 0 Å². The Kier molecular flexibility index (Phi) is 5.46. The number of nitrogens with zero attached hydrogens (tertiary/aromatic N) is 2. The molecule has 5 heteroatoms. The van der Waals surface area contributed by atoms with E-state index in [0.29, 0.717) is 19.0 Å². The molecule has 0 bridgehead atoms. The van der Waals surface area contributed by atoms with Gasteiger partial charge in [0, 0.05) is 19.2 Å². The number of aliphatic imine (C=N–C) groups is 1. The summed E-state index contributed by atoms with van der Waals surface area (Å²) < 4.78 is 5.57. The molecule has 0 atom stereocenters. The van der Waals surface area contributed by atoms with Crippen LogP contribution in [0.25, 0.3) is 11.5 Å². The average molecular weight is 334 g/mol. The molecule has 0 saturated carbocycles. The van der Waals surface area contributed by atoms with Crippen LogP contribution in [0, 0.1) is 6.92 Å². The van der Waals surface area contributed by atoms with Crippen LogP contribution in [-0.4, -0.2) is 18.0 Å². The highest BCUT2D eigenvalue weighted by Gasteiger charge is 2.07. The van der Waals surface area contributed by atoms with E-state index in [4.69, 9.17) is 4.42 Å². The van der Waals surface area contributed by atoms with Gasteiger partial charge in [0.1, 0.15) is 6.26 Å². The lowest BCUT2D eigenvalue weighted by atomic mass is 10.1. The first-order chi connectivity index (χ1) is 12.2. The number of aromatic nitrogens is 1. The summed E-state index contributed by atoms with van der Waals surface area (Å²) in [4.78, 5) is 8.75. The lowest BCUT2D eigenvalue weighted by Crippen LogP contribution is -2.36. The predicted molar refractivity (Wildman–Crippen MR) is 100 cm³/mol. The Labute approximate surface area is 147 Å². The van der Waals surface area contributed by atoms with Gasteiger partial charge in [0.05, 0.1) is 12.2 Å². The zero-order valence-electron chi connectivity index (χ0n) is 14.5. The molecule has 25 heavy (non-hydrogen) atoms. The summed E-state index contributed by atoms with van der Waals surface area (Å²) in [6.07, 6.45) is 1.67. The lowest BCUT2D eigenvalue weighted by molar-refractivity contribution is 0.572. The first kappa shape index (κ1) is 16.8. The normalized spacial score (nSPS) is 11.4. The monoisotopic (exact) mass is 334 g/mol. The van der Waals surface area contributed by atoms with Crippen LogP contribution in [-0.2, 0) is 13.1 Å². The Morgan fingerprint density at radius 1 is 1.00 bits per heavy atom. The summed E-state index contributed by atoms with van der Waals surface area (Å²) >= 11 is 0. The van der Waals surface area contributed by atoms with Crippen molar-refractivity contribution in [3.05, 3.63) is 77.7 Å². The van der Waals surface area contributed by atoms with Gasteiger partial charge in [-0.25, -0.2) is 4.98 Å². The third kappa shape index (κ3) is 4.70. The van der Waals surface area contributed by atoms with Crippen LogP contribution in [0.15, 0.2) is 70.3 Å². The van der Waals surface area contributed by atoms with Crippen molar-refractivity contribution in [2.24, 2.45) is 4.99 Å². The van der Waals surface area contributed by atoms with E-state index in [1.54, 1.807) is 13.3 Å². The molecule has 0 aliphatic carbocycles. The highest BCUT2D eigenvalue weighted by atomic mass is 16.3. The minimum absolute atomic E-state index is 0.545. The molecule has 0 amide bonds. The van der Waals surface area contributed by atoms with Crippen LogP contribution in [0.3, 0.4) is 0 Å². The Balaban J connectivity index is 1.54. The quantitative estimate of drug-likeness (QED) is 0.554. The fourth-order valence-corrected chi connectivity index (χ4v) is 2.39. The second kappa shape index (κ2) is 8.15. The van der Waals surface area contributed by atoms with Crippen LogP contribution in [0.1, 0.15) is 16.8 Å². The van der Waals surface area contributed by atoms with E-state index in [0.717, 1.165) is 17.2 Å². The van der Waals surface area contributed by atoms with Crippen molar-refractivity contribution in [2.75, 3.05) is 7.05 Å². The lowest BCUT2D eigenvalue weighted by Gasteiger charge is -2.10. The number of rotatable bonds is 5. The van der Waals surface area contributed by atoms with Gasteiger partial charge in [-0.3, -0.25) is 4.99 Å². The van der Waals surface area contributed by atoms with E-state index in [-0.39, 0.29) is 0 Å². The van der Waals surface area contributed by atoms with Crippen molar-refractivity contribution >= 4 is 5.96 Å². The van der Waals surface area contributed by atoms with Crippen molar-refractivity contribution in [1.82, 2.24) is 15.6 Å². The van der Waals surface area contributed by atoms with Gasteiger partial charge in [0.15, 0.2) is 5.96 Å². The summed E-state index contributed by atoms with van der Waals surface area (Å²) in [7, 11) is 1.75. The van der Waals surface area contributed by atoms with E-state index < -0.39 is 0 Å². The number of oxazole rings is 1. The number of guanidine groups is 1. The van der Waals surface area contributed by atoms with Crippen LogP contribution < -0.4 is 10.6 Å².